The summed E-state index contributed by atoms with van der Waals surface area (Å²) in [6.45, 7) is 3.15. The molecule has 0 bridgehead atoms. The van der Waals surface area contributed by atoms with E-state index in [0.29, 0.717) is 5.13 Å². The molecule has 2 aromatic rings. The number of hydrogen-bond acceptors (Lipinski definition) is 5. The summed E-state index contributed by atoms with van der Waals surface area (Å²) in [6.07, 6.45) is 3.95. The van der Waals surface area contributed by atoms with Crippen molar-refractivity contribution < 1.29 is 9.59 Å². The second-order valence-corrected chi connectivity index (χ2v) is 8.25. The first-order chi connectivity index (χ1) is 13.5. The van der Waals surface area contributed by atoms with Crippen LogP contribution in [0.25, 0.3) is 11.3 Å². The Hall–Kier alpha value is -2.25. The van der Waals surface area contributed by atoms with Gasteiger partial charge in [0.1, 0.15) is 0 Å². The molecule has 1 aromatic heterocycles. The molecule has 1 saturated heterocycles. The molecule has 2 heterocycles. The van der Waals surface area contributed by atoms with Gasteiger partial charge < -0.3 is 10.2 Å². The van der Waals surface area contributed by atoms with Crippen LogP contribution in [0.15, 0.2) is 29.6 Å². The largest absolute Gasteiger partial charge is 0.347 e. The molecule has 0 saturated carbocycles. The number of likely N-dealkylation sites (N-methyl/N-ethyl adjacent to an activating group) is 1. The molecule has 2 amide bonds. The number of benzene rings is 1. The third kappa shape index (κ3) is 4.97. The highest BCUT2D eigenvalue weighted by molar-refractivity contribution is 7.14. The van der Waals surface area contributed by atoms with Gasteiger partial charge in [-0.1, -0.05) is 37.6 Å². The van der Waals surface area contributed by atoms with Crippen molar-refractivity contribution in [3.8, 4) is 11.3 Å². The smallest absolute Gasteiger partial charge is 0.240 e. The van der Waals surface area contributed by atoms with Gasteiger partial charge in [-0.2, -0.15) is 0 Å². The van der Waals surface area contributed by atoms with E-state index in [1.807, 2.05) is 10.3 Å². The van der Waals surface area contributed by atoms with Crippen molar-refractivity contribution in [2.75, 3.05) is 32.5 Å². The predicted molar refractivity (Wildman–Crippen MR) is 113 cm³/mol. The summed E-state index contributed by atoms with van der Waals surface area (Å²) in [5, 5.41) is 5.43. The molecule has 0 radical (unpaired) electrons. The molecular formula is C21H28N4O2S. The number of aromatic nitrogens is 1. The molecule has 1 fully saturated rings. The second-order valence-electron chi connectivity index (χ2n) is 7.39. The monoisotopic (exact) mass is 400 g/mol. The summed E-state index contributed by atoms with van der Waals surface area (Å²) in [6, 6.07) is 8.21. The van der Waals surface area contributed by atoms with E-state index >= 15 is 0 Å². The summed E-state index contributed by atoms with van der Waals surface area (Å²) in [4.78, 5) is 32.8. The number of anilines is 1. The molecule has 3 rings (SSSR count). The average molecular weight is 401 g/mol. The van der Waals surface area contributed by atoms with Crippen LogP contribution in [-0.4, -0.2) is 59.8 Å². The summed E-state index contributed by atoms with van der Waals surface area (Å²) in [7, 11) is 3.51. The van der Waals surface area contributed by atoms with Crippen LogP contribution in [0.2, 0.25) is 0 Å². The number of carbonyl (C=O) groups is 2. The molecule has 1 aliphatic heterocycles. The number of nitrogens with one attached hydrogen (secondary N) is 1. The Morgan fingerprint density at radius 2 is 2.04 bits per heavy atom. The molecule has 28 heavy (non-hydrogen) atoms. The van der Waals surface area contributed by atoms with Crippen LogP contribution < -0.4 is 5.32 Å². The zero-order valence-electron chi connectivity index (χ0n) is 16.8. The molecule has 7 heteroatoms. The molecule has 1 N–H and O–H groups in total. The quantitative estimate of drug-likeness (QED) is 0.775. The number of thiazole rings is 1. The number of aryl methyl sites for hydroxylation is 1. The fourth-order valence-electron chi connectivity index (χ4n) is 3.53. The number of carbonyl (C=O) groups excluding carboxylic acids is 2. The first-order valence-electron chi connectivity index (χ1n) is 9.78. The maximum atomic E-state index is 12.5. The molecule has 0 aliphatic carbocycles. The molecule has 6 nitrogen and oxygen atoms in total. The minimum atomic E-state index is -0.200. The maximum absolute atomic E-state index is 12.5. The Labute approximate surface area is 170 Å². The van der Waals surface area contributed by atoms with Crippen molar-refractivity contribution in [2.24, 2.45) is 0 Å². The van der Waals surface area contributed by atoms with Gasteiger partial charge in [0, 0.05) is 25.0 Å². The zero-order chi connectivity index (χ0) is 20.1. The van der Waals surface area contributed by atoms with Gasteiger partial charge in [-0.25, -0.2) is 4.98 Å². The Bertz CT molecular complexity index is 816. The Morgan fingerprint density at radius 3 is 2.71 bits per heavy atom. The van der Waals surface area contributed by atoms with Gasteiger partial charge in [-0.05, 0) is 31.4 Å². The topological polar surface area (TPSA) is 65.5 Å². The van der Waals surface area contributed by atoms with Crippen molar-refractivity contribution >= 4 is 28.3 Å². The van der Waals surface area contributed by atoms with E-state index in [9.17, 15) is 9.59 Å². The average Bonchev–Trinajstić information content (AvgIpc) is 3.31. The number of likely N-dealkylation sites (tertiary alicyclic amines) is 1. The summed E-state index contributed by atoms with van der Waals surface area (Å²) in [5.74, 6) is -0.0639. The highest BCUT2D eigenvalue weighted by Gasteiger charge is 2.32. The summed E-state index contributed by atoms with van der Waals surface area (Å²) >= 11 is 1.42. The van der Waals surface area contributed by atoms with Crippen molar-refractivity contribution in [3.05, 3.63) is 35.2 Å². The van der Waals surface area contributed by atoms with E-state index in [0.717, 1.165) is 43.5 Å². The third-order valence-corrected chi connectivity index (χ3v) is 5.73. The highest BCUT2D eigenvalue weighted by atomic mass is 32.1. The van der Waals surface area contributed by atoms with Crippen molar-refractivity contribution in [2.45, 2.75) is 38.6 Å². The molecule has 150 valence electrons. The molecule has 0 spiro atoms. The zero-order valence-corrected chi connectivity index (χ0v) is 17.6. The number of amides is 2. The first kappa shape index (κ1) is 20.5. The van der Waals surface area contributed by atoms with E-state index in [1.165, 1.54) is 16.9 Å². The third-order valence-electron chi connectivity index (χ3n) is 4.98. The minimum Gasteiger partial charge on any atom is -0.347 e. The van der Waals surface area contributed by atoms with Gasteiger partial charge >= 0.3 is 0 Å². The van der Waals surface area contributed by atoms with Crippen molar-refractivity contribution in [1.82, 2.24) is 14.8 Å². The van der Waals surface area contributed by atoms with Gasteiger partial charge in [-0.15, -0.1) is 11.3 Å². The molecule has 1 aromatic carbocycles. The molecule has 1 aliphatic rings. The van der Waals surface area contributed by atoms with Crippen LogP contribution in [0, 0.1) is 0 Å². The van der Waals surface area contributed by atoms with E-state index in [2.05, 4.69) is 41.5 Å². The summed E-state index contributed by atoms with van der Waals surface area (Å²) in [5.41, 5.74) is 3.24. The molecular weight excluding hydrogens is 372 g/mol. The van der Waals surface area contributed by atoms with Crippen LogP contribution in [0.1, 0.15) is 31.7 Å². The standard InChI is InChI=1S/C21H28N4O2S/c1-4-6-15-8-10-16(11-9-15)17-14-28-21(22-17)23-19(26)13-25-12-5-7-18(25)20(27)24(2)3/h8-11,14,18H,4-7,12-13H2,1-3H3,(H,22,23,26). The number of rotatable bonds is 7. The fourth-order valence-corrected chi connectivity index (χ4v) is 4.27. The van der Waals surface area contributed by atoms with Gasteiger partial charge in [0.05, 0.1) is 18.3 Å². The molecule has 1 unspecified atom stereocenters. The van der Waals surface area contributed by atoms with Crippen molar-refractivity contribution in [1.29, 1.82) is 0 Å². The lowest BCUT2D eigenvalue weighted by Gasteiger charge is -2.25. The van der Waals surface area contributed by atoms with Gasteiger partial charge in [-0.3, -0.25) is 14.5 Å². The normalized spacial score (nSPS) is 16.9. The van der Waals surface area contributed by atoms with Gasteiger partial charge in [0.2, 0.25) is 11.8 Å². The van der Waals surface area contributed by atoms with Crippen LogP contribution >= 0.6 is 11.3 Å². The molecule has 1 atom stereocenters. The van der Waals surface area contributed by atoms with E-state index in [4.69, 9.17) is 0 Å². The Kier molecular flexibility index (Phi) is 6.80. The van der Waals surface area contributed by atoms with Crippen LogP contribution in [-0.2, 0) is 16.0 Å². The van der Waals surface area contributed by atoms with Gasteiger partial charge in [0.15, 0.2) is 5.13 Å². The van der Waals surface area contributed by atoms with E-state index < -0.39 is 0 Å². The van der Waals surface area contributed by atoms with E-state index in [1.54, 1.807) is 19.0 Å². The number of hydrogen-bond donors (Lipinski definition) is 1. The lowest BCUT2D eigenvalue weighted by molar-refractivity contribution is -0.133. The summed E-state index contributed by atoms with van der Waals surface area (Å²) < 4.78 is 0. The van der Waals surface area contributed by atoms with Crippen LogP contribution in [0.5, 0.6) is 0 Å². The first-order valence-corrected chi connectivity index (χ1v) is 10.7. The van der Waals surface area contributed by atoms with Crippen LogP contribution in [0.4, 0.5) is 5.13 Å². The predicted octanol–water partition coefficient (Wildman–Crippen LogP) is 3.25. The highest BCUT2D eigenvalue weighted by Crippen LogP contribution is 2.26. The minimum absolute atomic E-state index is 0.0633. The lowest BCUT2D eigenvalue weighted by atomic mass is 10.1. The van der Waals surface area contributed by atoms with Crippen molar-refractivity contribution in [3.63, 3.8) is 0 Å². The number of nitrogens with zero attached hydrogens (tertiary/aromatic N) is 3. The lowest BCUT2D eigenvalue weighted by Crippen LogP contribution is -2.45. The Balaban J connectivity index is 1.58. The second kappa shape index (κ2) is 9.30. The SMILES string of the molecule is CCCc1ccc(-c2csc(NC(=O)CN3CCCC3C(=O)N(C)C)n2)cc1. The maximum Gasteiger partial charge on any atom is 0.240 e. The van der Waals surface area contributed by atoms with Crippen LogP contribution in [0.3, 0.4) is 0 Å². The van der Waals surface area contributed by atoms with Gasteiger partial charge in [0.25, 0.3) is 0 Å². The Morgan fingerprint density at radius 1 is 1.29 bits per heavy atom. The van der Waals surface area contributed by atoms with E-state index in [-0.39, 0.29) is 24.4 Å². The fraction of sp³-hybridized carbons (Fsp3) is 0.476.